The van der Waals surface area contributed by atoms with Gasteiger partial charge in [-0.3, -0.25) is 4.90 Å². The molecule has 0 aliphatic carbocycles. The standard InChI is InChI=1S/C15H23BrClN3/c1-18(2)6-7-19-8-10-20(11-9-19)15-5-3-4-14(17)13(15)12-16/h3-5H,6-12H2,1-2H3. The molecule has 0 amide bonds. The van der Waals surface area contributed by atoms with E-state index < -0.39 is 0 Å². The van der Waals surface area contributed by atoms with Gasteiger partial charge in [0, 0.05) is 60.9 Å². The lowest BCUT2D eigenvalue weighted by Crippen LogP contribution is -2.48. The van der Waals surface area contributed by atoms with Crippen molar-refractivity contribution in [1.29, 1.82) is 0 Å². The third kappa shape index (κ3) is 4.10. The lowest BCUT2D eigenvalue weighted by atomic mass is 10.1. The highest BCUT2D eigenvalue weighted by atomic mass is 79.9. The fourth-order valence-electron chi connectivity index (χ4n) is 2.53. The smallest absolute Gasteiger partial charge is 0.0467 e. The quantitative estimate of drug-likeness (QED) is 0.748. The van der Waals surface area contributed by atoms with Crippen molar-refractivity contribution in [3.63, 3.8) is 0 Å². The molecule has 1 aliphatic rings. The molecule has 0 saturated carbocycles. The minimum atomic E-state index is 0.808. The molecule has 1 aromatic rings. The van der Waals surface area contributed by atoms with Crippen LogP contribution < -0.4 is 4.90 Å². The first kappa shape index (κ1) is 16.1. The zero-order valence-corrected chi connectivity index (χ0v) is 14.6. The van der Waals surface area contributed by atoms with E-state index in [0.29, 0.717) is 0 Å². The van der Waals surface area contributed by atoms with Crippen molar-refractivity contribution in [1.82, 2.24) is 9.80 Å². The van der Waals surface area contributed by atoms with Crippen LogP contribution in [0, 0.1) is 0 Å². The number of benzene rings is 1. The van der Waals surface area contributed by atoms with Crippen molar-refractivity contribution in [2.24, 2.45) is 0 Å². The van der Waals surface area contributed by atoms with Gasteiger partial charge < -0.3 is 9.80 Å². The van der Waals surface area contributed by atoms with Crippen LogP contribution in [0.15, 0.2) is 18.2 Å². The summed E-state index contributed by atoms with van der Waals surface area (Å²) in [5, 5.41) is 1.66. The van der Waals surface area contributed by atoms with E-state index in [1.807, 2.05) is 12.1 Å². The fourth-order valence-corrected chi connectivity index (χ4v) is 3.52. The van der Waals surface area contributed by atoms with Gasteiger partial charge in [0.1, 0.15) is 0 Å². The first-order valence-electron chi connectivity index (χ1n) is 7.07. The molecule has 0 unspecified atom stereocenters. The van der Waals surface area contributed by atoms with Gasteiger partial charge in [-0.1, -0.05) is 33.6 Å². The van der Waals surface area contributed by atoms with Crippen LogP contribution in [0.1, 0.15) is 5.56 Å². The zero-order chi connectivity index (χ0) is 14.5. The summed E-state index contributed by atoms with van der Waals surface area (Å²) in [4.78, 5) is 7.23. The number of hydrogen-bond acceptors (Lipinski definition) is 3. The van der Waals surface area contributed by atoms with Crippen LogP contribution in [0.5, 0.6) is 0 Å². The Morgan fingerprint density at radius 1 is 1.20 bits per heavy atom. The van der Waals surface area contributed by atoms with E-state index in [1.165, 1.54) is 11.3 Å². The Morgan fingerprint density at radius 2 is 1.90 bits per heavy atom. The maximum absolute atomic E-state index is 6.29. The number of alkyl halides is 1. The second kappa shape index (κ2) is 7.64. The zero-order valence-electron chi connectivity index (χ0n) is 12.3. The van der Waals surface area contributed by atoms with Crippen LogP contribution in [0.4, 0.5) is 5.69 Å². The molecule has 3 nitrogen and oxygen atoms in total. The van der Waals surface area contributed by atoms with E-state index in [9.17, 15) is 0 Å². The molecule has 1 heterocycles. The second-order valence-electron chi connectivity index (χ2n) is 5.50. The van der Waals surface area contributed by atoms with Crippen LogP contribution in [-0.4, -0.2) is 63.2 Å². The molecule has 0 bridgehead atoms. The summed E-state index contributed by atoms with van der Waals surface area (Å²) in [6.07, 6.45) is 0. The maximum Gasteiger partial charge on any atom is 0.0467 e. The molecule has 0 atom stereocenters. The Hall–Kier alpha value is -0.290. The van der Waals surface area contributed by atoms with Gasteiger partial charge in [0.15, 0.2) is 0 Å². The molecule has 1 aromatic carbocycles. The number of halogens is 2. The normalized spacial score (nSPS) is 16.9. The van der Waals surface area contributed by atoms with Gasteiger partial charge in [-0.05, 0) is 26.2 Å². The van der Waals surface area contributed by atoms with Gasteiger partial charge in [-0.25, -0.2) is 0 Å². The Balaban J connectivity index is 1.95. The Labute approximate surface area is 135 Å². The molecular formula is C15H23BrClN3. The maximum atomic E-state index is 6.29. The molecule has 5 heteroatoms. The van der Waals surface area contributed by atoms with Gasteiger partial charge in [0.2, 0.25) is 0 Å². The summed E-state index contributed by atoms with van der Waals surface area (Å²) < 4.78 is 0. The number of hydrogen-bond donors (Lipinski definition) is 0. The van der Waals surface area contributed by atoms with Crippen molar-refractivity contribution >= 4 is 33.2 Å². The van der Waals surface area contributed by atoms with Gasteiger partial charge >= 0.3 is 0 Å². The van der Waals surface area contributed by atoms with E-state index in [4.69, 9.17) is 11.6 Å². The fraction of sp³-hybridized carbons (Fsp3) is 0.600. The number of nitrogens with zero attached hydrogens (tertiary/aromatic N) is 3. The molecule has 1 aliphatic heterocycles. The Bertz CT molecular complexity index is 431. The highest BCUT2D eigenvalue weighted by Crippen LogP contribution is 2.30. The molecule has 1 saturated heterocycles. The summed E-state index contributed by atoms with van der Waals surface area (Å²) in [7, 11) is 4.26. The highest BCUT2D eigenvalue weighted by Gasteiger charge is 2.19. The SMILES string of the molecule is CN(C)CCN1CCN(c2cccc(Cl)c2CBr)CC1. The van der Waals surface area contributed by atoms with Crippen molar-refractivity contribution in [3.05, 3.63) is 28.8 Å². The van der Waals surface area contributed by atoms with Crippen molar-refractivity contribution in [3.8, 4) is 0 Å². The van der Waals surface area contributed by atoms with Crippen molar-refractivity contribution in [2.75, 3.05) is 58.3 Å². The topological polar surface area (TPSA) is 9.72 Å². The van der Waals surface area contributed by atoms with E-state index in [0.717, 1.165) is 49.6 Å². The Morgan fingerprint density at radius 3 is 2.50 bits per heavy atom. The molecule has 0 spiro atoms. The van der Waals surface area contributed by atoms with Gasteiger partial charge in [0.05, 0.1) is 0 Å². The highest BCUT2D eigenvalue weighted by molar-refractivity contribution is 9.08. The molecule has 112 valence electrons. The number of rotatable bonds is 5. The predicted octanol–water partition coefficient (Wildman–Crippen LogP) is 2.92. The van der Waals surface area contributed by atoms with Crippen molar-refractivity contribution in [2.45, 2.75) is 5.33 Å². The van der Waals surface area contributed by atoms with Gasteiger partial charge in [-0.2, -0.15) is 0 Å². The summed E-state index contributed by atoms with van der Waals surface area (Å²) in [6.45, 7) is 6.69. The van der Waals surface area contributed by atoms with Gasteiger partial charge in [-0.15, -0.1) is 0 Å². The van der Waals surface area contributed by atoms with E-state index in [1.54, 1.807) is 0 Å². The number of anilines is 1. The van der Waals surface area contributed by atoms with Crippen LogP contribution in [-0.2, 0) is 5.33 Å². The average Bonchev–Trinajstić information content (AvgIpc) is 2.45. The lowest BCUT2D eigenvalue weighted by molar-refractivity contribution is 0.229. The largest absolute Gasteiger partial charge is 0.369 e. The first-order chi connectivity index (χ1) is 9.61. The number of piperazine rings is 1. The predicted molar refractivity (Wildman–Crippen MR) is 91.3 cm³/mol. The van der Waals surface area contributed by atoms with E-state index in [2.05, 4.69) is 50.8 Å². The molecule has 20 heavy (non-hydrogen) atoms. The molecular weight excluding hydrogens is 338 g/mol. The Kier molecular flexibility index (Phi) is 6.15. The second-order valence-corrected chi connectivity index (χ2v) is 6.47. The van der Waals surface area contributed by atoms with Crippen molar-refractivity contribution < 1.29 is 0 Å². The van der Waals surface area contributed by atoms with Crippen LogP contribution in [0.2, 0.25) is 5.02 Å². The van der Waals surface area contributed by atoms with E-state index in [-0.39, 0.29) is 0 Å². The third-order valence-electron chi connectivity index (χ3n) is 3.80. The molecule has 2 rings (SSSR count). The van der Waals surface area contributed by atoms with Gasteiger partial charge in [0.25, 0.3) is 0 Å². The molecule has 0 aromatic heterocycles. The molecule has 1 fully saturated rings. The average molecular weight is 361 g/mol. The third-order valence-corrected chi connectivity index (χ3v) is 4.72. The molecule has 0 radical (unpaired) electrons. The summed E-state index contributed by atoms with van der Waals surface area (Å²) >= 11 is 9.84. The number of likely N-dealkylation sites (N-methyl/N-ethyl adjacent to an activating group) is 1. The minimum Gasteiger partial charge on any atom is -0.369 e. The monoisotopic (exact) mass is 359 g/mol. The van der Waals surface area contributed by atoms with Crippen LogP contribution in [0.3, 0.4) is 0 Å². The van der Waals surface area contributed by atoms with E-state index >= 15 is 0 Å². The van der Waals surface area contributed by atoms with Crippen LogP contribution in [0.25, 0.3) is 0 Å². The summed E-state index contributed by atoms with van der Waals surface area (Å²) in [5.74, 6) is 0. The lowest BCUT2D eigenvalue weighted by Gasteiger charge is -2.37. The first-order valence-corrected chi connectivity index (χ1v) is 8.57. The minimum absolute atomic E-state index is 0.808. The summed E-state index contributed by atoms with van der Waals surface area (Å²) in [5.41, 5.74) is 2.48. The molecule has 0 N–H and O–H groups in total. The van der Waals surface area contributed by atoms with Crippen LogP contribution >= 0.6 is 27.5 Å². The summed E-state index contributed by atoms with van der Waals surface area (Å²) in [6, 6.07) is 6.19.